The molecule has 0 amide bonds. The van der Waals surface area contributed by atoms with Crippen molar-refractivity contribution in [3.8, 4) is 0 Å². The summed E-state index contributed by atoms with van der Waals surface area (Å²) in [6.45, 7) is 21.0. The molecule has 3 heteroatoms. The molecule has 1 saturated heterocycles. The molecule has 156 valence electrons. The van der Waals surface area contributed by atoms with Crippen LogP contribution in [0.1, 0.15) is 101 Å². The van der Waals surface area contributed by atoms with Crippen molar-refractivity contribution >= 4 is 27.3 Å². The molecule has 1 aliphatic heterocycles. The van der Waals surface area contributed by atoms with Gasteiger partial charge in [0.05, 0.1) is 0 Å². The predicted octanol–water partition coefficient (Wildman–Crippen LogP) is 7.04. The van der Waals surface area contributed by atoms with Crippen LogP contribution < -0.4 is 7.71 Å². The molecule has 2 aromatic carbocycles. The molecule has 3 rings (SSSR count). The van der Waals surface area contributed by atoms with E-state index in [1.165, 1.54) is 33.6 Å². The van der Waals surface area contributed by atoms with Crippen LogP contribution in [-0.2, 0) is 0 Å². The van der Waals surface area contributed by atoms with E-state index in [-0.39, 0.29) is 0 Å². The minimum atomic E-state index is -0.417. The van der Waals surface area contributed by atoms with Gasteiger partial charge in [0, 0.05) is 0 Å². The number of rotatable bonds is 6. The first kappa shape index (κ1) is 22.3. The van der Waals surface area contributed by atoms with E-state index in [4.69, 9.17) is 0 Å². The summed E-state index contributed by atoms with van der Waals surface area (Å²) >= 11 is -0.417. The van der Waals surface area contributed by atoms with Crippen LogP contribution in [0.15, 0.2) is 36.4 Å². The Bertz CT molecular complexity index is 717. The summed E-state index contributed by atoms with van der Waals surface area (Å²) in [7, 11) is 0. The van der Waals surface area contributed by atoms with Gasteiger partial charge in [-0.1, -0.05) is 0 Å². The number of benzene rings is 2. The van der Waals surface area contributed by atoms with E-state index in [1.54, 1.807) is 0 Å². The summed E-state index contributed by atoms with van der Waals surface area (Å²) in [6, 6.07) is 13.9. The molecule has 29 heavy (non-hydrogen) atoms. The Labute approximate surface area is 185 Å². The Morgan fingerprint density at radius 2 is 0.828 bits per heavy atom. The van der Waals surface area contributed by atoms with Crippen LogP contribution in [0.2, 0.25) is 0 Å². The van der Waals surface area contributed by atoms with Crippen LogP contribution in [0.4, 0.5) is 11.4 Å². The topological polar surface area (TPSA) is 6.48 Å². The predicted molar refractivity (Wildman–Crippen MR) is 130 cm³/mol. The molecule has 0 saturated carbocycles. The van der Waals surface area contributed by atoms with Crippen molar-refractivity contribution < 1.29 is 0 Å². The van der Waals surface area contributed by atoms with E-state index < -0.39 is 15.9 Å². The van der Waals surface area contributed by atoms with Gasteiger partial charge < -0.3 is 0 Å². The van der Waals surface area contributed by atoms with Crippen LogP contribution in [0.5, 0.6) is 0 Å². The first-order valence-electron chi connectivity index (χ1n) is 11.3. The fraction of sp³-hybridized carbons (Fsp3) is 0.538. The molecule has 0 aromatic heterocycles. The third-order valence-corrected chi connectivity index (χ3v) is 8.90. The van der Waals surface area contributed by atoms with Gasteiger partial charge in [-0.2, -0.15) is 0 Å². The third kappa shape index (κ3) is 4.53. The first-order valence-corrected chi connectivity index (χ1v) is 13.2. The summed E-state index contributed by atoms with van der Waals surface area (Å²) in [6.07, 6.45) is 0. The Balaban J connectivity index is 2.03. The van der Waals surface area contributed by atoms with Crippen LogP contribution >= 0.6 is 0 Å². The molecule has 0 spiro atoms. The van der Waals surface area contributed by atoms with Crippen molar-refractivity contribution in [3.63, 3.8) is 0 Å². The Morgan fingerprint density at radius 3 is 1.07 bits per heavy atom. The van der Waals surface area contributed by atoms with Crippen molar-refractivity contribution in [2.45, 2.75) is 79.1 Å². The number of anilines is 2. The van der Waals surface area contributed by atoms with E-state index in [0.29, 0.717) is 23.7 Å². The second-order valence-corrected chi connectivity index (χ2v) is 12.3. The number of para-hydroxylation sites is 2. The average Bonchev–Trinajstić information content (AvgIpc) is 3.15. The van der Waals surface area contributed by atoms with Crippen molar-refractivity contribution in [2.75, 3.05) is 20.8 Å². The molecule has 1 heterocycles. The van der Waals surface area contributed by atoms with Gasteiger partial charge in [-0.05, 0) is 0 Å². The molecule has 0 unspecified atom stereocenters. The molecule has 0 aliphatic carbocycles. The van der Waals surface area contributed by atoms with Crippen LogP contribution in [0.25, 0.3) is 0 Å². The van der Waals surface area contributed by atoms with Gasteiger partial charge in [0.15, 0.2) is 0 Å². The molecule has 1 aliphatic rings. The zero-order valence-electron chi connectivity index (χ0n) is 19.6. The average molecular weight is 451 g/mol. The van der Waals surface area contributed by atoms with Crippen molar-refractivity contribution in [3.05, 3.63) is 58.7 Å². The number of hydrogen-bond donors (Lipinski definition) is 0. The summed E-state index contributed by atoms with van der Waals surface area (Å²) in [5, 5.41) is 0. The SMILES string of the molecule is CC(C)c1cccc(C(C)C)c1[N]1CC[N](c2c(C(C)C)cccc2C(C)C)[Ge]1. The van der Waals surface area contributed by atoms with E-state index >= 15 is 0 Å². The molecule has 0 bridgehead atoms. The standard InChI is InChI=1S/C26H38GeN2/c1-17(2)21-11-9-12-22(18(3)4)25(21)28-15-16-29(27-28)26-23(19(5)6)13-10-14-24(26)20(7)8/h9-14,17-20H,15-16H2,1-8H3. The van der Waals surface area contributed by atoms with Crippen LogP contribution in [0, 0.1) is 0 Å². The maximum atomic E-state index is 2.76. The number of nitrogens with zero attached hydrogens (tertiary/aromatic N) is 2. The van der Waals surface area contributed by atoms with Crippen molar-refractivity contribution in [1.82, 2.24) is 0 Å². The maximum absolute atomic E-state index is 2.76. The van der Waals surface area contributed by atoms with Gasteiger partial charge in [-0.15, -0.1) is 0 Å². The van der Waals surface area contributed by atoms with Gasteiger partial charge in [0.25, 0.3) is 0 Å². The molecule has 2 aromatic rings. The molecule has 1 fully saturated rings. The van der Waals surface area contributed by atoms with E-state index in [2.05, 4.69) is 99.5 Å². The quantitative estimate of drug-likeness (QED) is 0.435. The third-order valence-electron chi connectivity index (χ3n) is 6.01. The van der Waals surface area contributed by atoms with Gasteiger partial charge in [0.2, 0.25) is 0 Å². The summed E-state index contributed by atoms with van der Waals surface area (Å²) in [5.74, 6) is 2.22. The summed E-state index contributed by atoms with van der Waals surface area (Å²) in [4.78, 5) is 0. The molecular weight excluding hydrogens is 413 g/mol. The fourth-order valence-electron chi connectivity index (χ4n) is 4.42. The monoisotopic (exact) mass is 452 g/mol. The normalized spacial score (nSPS) is 14.9. The number of hydrogen-bond acceptors (Lipinski definition) is 2. The fourth-order valence-corrected chi connectivity index (χ4v) is 7.37. The van der Waals surface area contributed by atoms with Crippen molar-refractivity contribution in [2.24, 2.45) is 0 Å². The van der Waals surface area contributed by atoms with Crippen molar-refractivity contribution in [1.29, 1.82) is 0 Å². The van der Waals surface area contributed by atoms with Gasteiger partial charge in [0.1, 0.15) is 0 Å². The second kappa shape index (κ2) is 9.16. The summed E-state index contributed by atoms with van der Waals surface area (Å²) in [5.41, 5.74) is 9.14. The summed E-state index contributed by atoms with van der Waals surface area (Å²) < 4.78 is 5.51. The van der Waals surface area contributed by atoms with E-state index in [1.807, 2.05) is 0 Å². The van der Waals surface area contributed by atoms with Gasteiger partial charge in [-0.3, -0.25) is 0 Å². The van der Waals surface area contributed by atoms with Crippen LogP contribution in [0.3, 0.4) is 0 Å². The molecule has 2 radical (unpaired) electrons. The molecule has 0 N–H and O–H groups in total. The van der Waals surface area contributed by atoms with E-state index in [0.717, 1.165) is 13.1 Å². The first-order chi connectivity index (χ1) is 13.7. The van der Waals surface area contributed by atoms with Gasteiger partial charge in [-0.25, -0.2) is 0 Å². The minimum absolute atomic E-state index is 0.417. The molecule has 2 nitrogen and oxygen atoms in total. The Morgan fingerprint density at radius 1 is 0.552 bits per heavy atom. The zero-order chi connectivity index (χ0) is 21.3. The molecule has 0 atom stereocenters. The van der Waals surface area contributed by atoms with Gasteiger partial charge >= 0.3 is 186 Å². The zero-order valence-corrected chi connectivity index (χ0v) is 21.7. The Hall–Kier alpha value is -1.42. The van der Waals surface area contributed by atoms with Crippen LogP contribution in [-0.4, -0.2) is 29.0 Å². The second-order valence-electron chi connectivity index (χ2n) is 9.59. The van der Waals surface area contributed by atoms with E-state index in [9.17, 15) is 0 Å². The Kier molecular flexibility index (Phi) is 7.03. The molecular formula is C26H38GeN2.